The third kappa shape index (κ3) is 3.80. The molecule has 20 heavy (non-hydrogen) atoms. The molecule has 1 atom stereocenters. The predicted molar refractivity (Wildman–Crippen MR) is 76.9 cm³/mol. The van der Waals surface area contributed by atoms with Gasteiger partial charge in [0, 0.05) is 37.5 Å². The van der Waals surface area contributed by atoms with Crippen molar-refractivity contribution >= 4 is 5.97 Å². The van der Waals surface area contributed by atoms with Gasteiger partial charge in [-0.25, -0.2) is 0 Å². The van der Waals surface area contributed by atoms with Crippen LogP contribution in [0.3, 0.4) is 0 Å². The molecule has 0 aliphatic heterocycles. The highest BCUT2D eigenvalue weighted by molar-refractivity contribution is 5.69. The Morgan fingerprint density at radius 3 is 2.60 bits per heavy atom. The summed E-state index contributed by atoms with van der Waals surface area (Å²) in [5.41, 5.74) is 3.18. The third-order valence-corrected chi connectivity index (χ3v) is 3.62. The number of carboxylic acids is 1. The summed E-state index contributed by atoms with van der Waals surface area (Å²) < 4.78 is 7.03. The van der Waals surface area contributed by atoms with E-state index in [0.717, 1.165) is 23.5 Å². The Balaban J connectivity index is 3.01. The van der Waals surface area contributed by atoms with E-state index in [-0.39, 0.29) is 12.6 Å². The Labute approximate surface area is 120 Å². The maximum absolute atomic E-state index is 11.0. The van der Waals surface area contributed by atoms with Crippen molar-refractivity contribution in [2.75, 3.05) is 26.8 Å². The van der Waals surface area contributed by atoms with Crippen LogP contribution < -0.4 is 0 Å². The fourth-order valence-corrected chi connectivity index (χ4v) is 2.60. The Morgan fingerprint density at radius 1 is 1.50 bits per heavy atom. The van der Waals surface area contributed by atoms with Crippen LogP contribution in [0, 0.1) is 13.8 Å². The van der Waals surface area contributed by atoms with Gasteiger partial charge in [0.25, 0.3) is 0 Å². The van der Waals surface area contributed by atoms with Gasteiger partial charge in [0.15, 0.2) is 0 Å². The number of carboxylic acid groups (broad SMARTS) is 1. The molecule has 0 spiro atoms. The molecule has 1 unspecified atom stereocenters. The quantitative estimate of drug-likeness (QED) is 0.785. The molecule has 0 aliphatic rings. The number of rotatable bonds is 8. The zero-order valence-electron chi connectivity index (χ0n) is 13.0. The summed E-state index contributed by atoms with van der Waals surface area (Å²) >= 11 is 0. The smallest absolute Gasteiger partial charge is 0.317 e. The zero-order chi connectivity index (χ0) is 15.3. The van der Waals surface area contributed by atoms with Gasteiger partial charge in [-0.05, 0) is 27.7 Å². The van der Waals surface area contributed by atoms with Crippen LogP contribution in [0.25, 0.3) is 0 Å². The molecule has 0 fully saturated rings. The van der Waals surface area contributed by atoms with Crippen molar-refractivity contribution < 1.29 is 14.6 Å². The lowest BCUT2D eigenvalue weighted by molar-refractivity contribution is -0.139. The minimum atomic E-state index is -0.828. The van der Waals surface area contributed by atoms with E-state index in [0.29, 0.717) is 13.2 Å². The maximum atomic E-state index is 11.0. The van der Waals surface area contributed by atoms with Gasteiger partial charge in [-0.15, -0.1) is 0 Å². The highest BCUT2D eigenvalue weighted by Crippen LogP contribution is 2.26. The van der Waals surface area contributed by atoms with Crippen molar-refractivity contribution in [1.82, 2.24) is 14.7 Å². The number of aliphatic carboxylic acids is 1. The lowest BCUT2D eigenvalue weighted by atomic mass is 10.0. The van der Waals surface area contributed by atoms with Crippen LogP contribution >= 0.6 is 0 Å². The van der Waals surface area contributed by atoms with E-state index in [1.807, 2.05) is 37.3 Å². The van der Waals surface area contributed by atoms with Crippen LogP contribution in [-0.2, 0) is 16.1 Å². The molecule has 6 heteroatoms. The average molecular weight is 283 g/mol. The molecule has 1 rings (SSSR count). The zero-order valence-corrected chi connectivity index (χ0v) is 13.0. The Bertz CT molecular complexity index is 457. The van der Waals surface area contributed by atoms with Gasteiger partial charge in [0.1, 0.15) is 0 Å². The largest absolute Gasteiger partial charge is 0.480 e. The highest BCUT2D eigenvalue weighted by Gasteiger charge is 2.24. The van der Waals surface area contributed by atoms with Gasteiger partial charge < -0.3 is 9.84 Å². The molecular weight excluding hydrogens is 258 g/mol. The molecule has 0 amide bonds. The van der Waals surface area contributed by atoms with E-state index in [4.69, 9.17) is 9.84 Å². The molecule has 1 N–H and O–H groups in total. The van der Waals surface area contributed by atoms with Crippen molar-refractivity contribution in [3.05, 3.63) is 17.0 Å². The summed E-state index contributed by atoms with van der Waals surface area (Å²) in [5.74, 6) is -0.828. The number of methoxy groups -OCH3 is 1. The monoisotopic (exact) mass is 283 g/mol. The Hall–Kier alpha value is -1.40. The lowest BCUT2D eigenvalue weighted by Gasteiger charge is -2.27. The molecule has 0 aromatic carbocycles. The average Bonchev–Trinajstić information content (AvgIpc) is 2.68. The van der Waals surface area contributed by atoms with Gasteiger partial charge >= 0.3 is 5.97 Å². The fourth-order valence-electron chi connectivity index (χ4n) is 2.60. The van der Waals surface area contributed by atoms with Crippen LogP contribution in [0.15, 0.2) is 0 Å². The van der Waals surface area contributed by atoms with Gasteiger partial charge in [-0.3, -0.25) is 14.4 Å². The molecule has 6 nitrogen and oxygen atoms in total. The summed E-state index contributed by atoms with van der Waals surface area (Å²) in [6, 6.07) is 0.00144. The number of aryl methyl sites for hydroxylation is 2. The van der Waals surface area contributed by atoms with Gasteiger partial charge in [-0.1, -0.05) is 0 Å². The van der Waals surface area contributed by atoms with Gasteiger partial charge in [0.05, 0.1) is 18.8 Å². The fraction of sp³-hybridized carbons (Fsp3) is 0.714. The minimum Gasteiger partial charge on any atom is -0.480 e. The van der Waals surface area contributed by atoms with E-state index in [2.05, 4.69) is 5.10 Å². The summed E-state index contributed by atoms with van der Waals surface area (Å²) in [6.07, 6.45) is 0. The van der Waals surface area contributed by atoms with E-state index < -0.39 is 5.97 Å². The molecule has 0 saturated heterocycles. The predicted octanol–water partition coefficient (Wildman–Crippen LogP) is 1.61. The first-order chi connectivity index (χ1) is 9.42. The van der Waals surface area contributed by atoms with E-state index in [9.17, 15) is 4.79 Å². The van der Waals surface area contributed by atoms with Crippen molar-refractivity contribution in [1.29, 1.82) is 0 Å². The summed E-state index contributed by atoms with van der Waals surface area (Å²) in [6.45, 7) is 9.99. The standard InChI is InChI=1S/C14H25N3O3/c1-6-17-12(4)14(10(2)15-17)11(3)16(7-8-20-5)9-13(18)19/h11H,6-9H2,1-5H3,(H,18,19). The van der Waals surface area contributed by atoms with E-state index in [1.165, 1.54) is 0 Å². The van der Waals surface area contributed by atoms with E-state index >= 15 is 0 Å². The molecule has 1 heterocycles. The number of ether oxygens (including phenoxy) is 1. The molecule has 0 aliphatic carbocycles. The molecule has 0 bridgehead atoms. The van der Waals surface area contributed by atoms with Crippen LogP contribution in [0.5, 0.6) is 0 Å². The number of nitrogens with zero attached hydrogens (tertiary/aromatic N) is 3. The van der Waals surface area contributed by atoms with Crippen molar-refractivity contribution in [2.24, 2.45) is 0 Å². The SMILES string of the molecule is CCn1nc(C)c(C(C)N(CCOC)CC(=O)O)c1C. The van der Waals surface area contributed by atoms with Crippen LogP contribution in [0.2, 0.25) is 0 Å². The normalized spacial score (nSPS) is 12.9. The maximum Gasteiger partial charge on any atom is 0.317 e. The third-order valence-electron chi connectivity index (χ3n) is 3.62. The second-order valence-electron chi connectivity index (χ2n) is 4.93. The number of aromatic nitrogens is 2. The molecule has 1 aromatic heterocycles. The van der Waals surface area contributed by atoms with Gasteiger partial charge in [-0.2, -0.15) is 5.10 Å². The molecule has 114 valence electrons. The van der Waals surface area contributed by atoms with Crippen LogP contribution in [-0.4, -0.2) is 52.6 Å². The number of carbonyl (C=O) groups is 1. The molecule has 0 saturated carbocycles. The lowest BCUT2D eigenvalue weighted by Crippen LogP contribution is -2.35. The second kappa shape index (κ2) is 7.40. The van der Waals surface area contributed by atoms with Crippen LogP contribution in [0.4, 0.5) is 0 Å². The summed E-state index contributed by atoms with van der Waals surface area (Å²) in [4.78, 5) is 12.9. The first-order valence-electron chi connectivity index (χ1n) is 6.91. The summed E-state index contributed by atoms with van der Waals surface area (Å²) in [7, 11) is 1.62. The molecule has 1 aromatic rings. The summed E-state index contributed by atoms with van der Waals surface area (Å²) in [5, 5.41) is 13.6. The topological polar surface area (TPSA) is 67.6 Å². The van der Waals surface area contributed by atoms with Crippen molar-refractivity contribution in [3.8, 4) is 0 Å². The first-order valence-corrected chi connectivity index (χ1v) is 6.91. The Kier molecular flexibility index (Phi) is 6.16. The second-order valence-corrected chi connectivity index (χ2v) is 4.93. The molecular formula is C14H25N3O3. The highest BCUT2D eigenvalue weighted by atomic mass is 16.5. The minimum absolute atomic E-state index is 0.000706. The Morgan fingerprint density at radius 2 is 2.15 bits per heavy atom. The van der Waals surface area contributed by atoms with Crippen molar-refractivity contribution in [2.45, 2.75) is 40.3 Å². The number of hydrogen-bond donors (Lipinski definition) is 1. The van der Waals surface area contributed by atoms with Crippen LogP contribution in [0.1, 0.15) is 36.8 Å². The van der Waals surface area contributed by atoms with E-state index in [1.54, 1.807) is 7.11 Å². The van der Waals surface area contributed by atoms with Crippen molar-refractivity contribution in [3.63, 3.8) is 0 Å². The first kappa shape index (κ1) is 16.7. The van der Waals surface area contributed by atoms with Gasteiger partial charge in [0.2, 0.25) is 0 Å². The number of hydrogen-bond acceptors (Lipinski definition) is 4. The molecule has 0 radical (unpaired) electrons.